The van der Waals surface area contributed by atoms with Crippen LogP contribution in [0, 0.1) is 6.92 Å². The van der Waals surface area contributed by atoms with Gasteiger partial charge in [0.1, 0.15) is 18.0 Å². The number of piperazine rings is 1. The second-order valence-corrected chi connectivity index (χ2v) is 12.4. The van der Waals surface area contributed by atoms with E-state index < -0.39 is 5.60 Å². The second kappa shape index (κ2) is 14.4. The SMILES string of the molecule is Cc1ccc(C(O)(Cc2ccc(Cl)cc2)c2ccc(OCCN3CCN(C(c4ccccc4)c4ccccc4)CC3)cc2)cc1. The number of nitrogens with zero attached hydrogens (tertiary/aromatic N) is 2. The molecule has 0 amide bonds. The second-order valence-electron chi connectivity index (χ2n) is 12.0. The average Bonchev–Trinajstić information content (AvgIpc) is 3.08. The number of rotatable bonds is 11. The van der Waals surface area contributed by atoms with Gasteiger partial charge in [-0.1, -0.05) is 126 Å². The first-order valence-corrected chi connectivity index (χ1v) is 16.2. The Hall–Kier alpha value is -3.93. The first kappa shape index (κ1) is 31.1. The lowest BCUT2D eigenvalue weighted by Crippen LogP contribution is -2.48. The molecule has 5 heteroatoms. The van der Waals surface area contributed by atoms with Gasteiger partial charge in [-0.3, -0.25) is 9.80 Å². The van der Waals surface area contributed by atoms with Gasteiger partial charge in [-0.05, 0) is 59.0 Å². The quantitative estimate of drug-likeness (QED) is 0.164. The van der Waals surface area contributed by atoms with Crippen molar-refractivity contribution in [2.24, 2.45) is 0 Å². The molecule has 1 aliphatic rings. The van der Waals surface area contributed by atoms with Crippen molar-refractivity contribution < 1.29 is 9.84 Å². The lowest BCUT2D eigenvalue weighted by molar-refractivity contribution is 0.0810. The van der Waals surface area contributed by atoms with Gasteiger partial charge >= 0.3 is 0 Å². The highest BCUT2D eigenvalue weighted by atomic mass is 35.5. The molecular formula is C40H41ClN2O2. The number of hydrogen-bond acceptors (Lipinski definition) is 4. The smallest absolute Gasteiger partial charge is 0.119 e. The van der Waals surface area contributed by atoms with Crippen LogP contribution in [0.3, 0.4) is 0 Å². The Balaban J connectivity index is 1.06. The summed E-state index contributed by atoms with van der Waals surface area (Å²) in [5.74, 6) is 0.809. The monoisotopic (exact) mass is 616 g/mol. The largest absolute Gasteiger partial charge is 0.492 e. The minimum Gasteiger partial charge on any atom is -0.492 e. The molecule has 5 aromatic carbocycles. The van der Waals surface area contributed by atoms with E-state index in [2.05, 4.69) is 77.4 Å². The van der Waals surface area contributed by atoms with E-state index in [4.69, 9.17) is 16.3 Å². The molecule has 0 saturated carbocycles. The lowest BCUT2D eigenvalue weighted by atomic mass is 9.81. The molecule has 0 radical (unpaired) electrons. The van der Waals surface area contributed by atoms with Crippen molar-refractivity contribution in [1.29, 1.82) is 0 Å². The first-order chi connectivity index (χ1) is 22.0. The predicted molar refractivity (Wildman–Crippen MR) is 184 cm³/mol. The van der Waals surface area contributed by atoms with E-state index >= 15 is 0 Å². The van der Waals surface area contributed by atoms with Crippen LogP contribution in [0.4, 0.5) is 0 Å². The minimum absolute atomic E-state index is 0.266. The lowest BCUT2D eigenvalue weighted by Gasteiger charge is -2.39. The fraction of sp³-hybridized carbons (Fsp3) is 0.250. The molecule has 0 spiro atoms. The molecule has 5 aromatic rings. The molecule has 230 valence electrons. The Kier molecular flexibility index (Phi) is 9.97. The summed E-state index contributed by atoms with van der Waals surface area (Å²) in [7, 11) is 0. The molecule has 1 N–H and O–H groups in total. The van der Waals surface area contributed by atoms with Gasteiger partial charge in [-0.25, -0.2) is 0 Å². The van der Waals surface area contributed by atoms with Crippen LogP contribution in [0.2, 0.25) is 5.02 Å². The highest BCUT2D eigenvalue weighted by molar-refractivity contribution is 6.30. The van der Waals surface area contributed by atoms with Crippen LogP contribution in [0.25, 0.3) is 0 Å². The van der Waals surface area contributed by atoms with Gasteiger partial charge in [-0.2, -0.15) is 0 Å². The van der Waals surface area contributed by atoms with E-state index in [1.807, 2.05) is 72.8 Å². The molecule has 1 atom stereocenters. The predicted octanol–water partition coefficient (Wildman–Crippen LogP) is 7.91. The van der Waals surface area contributed by atoms with E-state index in [9.17, 15) is 5.11 Å². The van der Waals surface area contributed by atoms with E-state index in [1.54, 1.807) is 0 Å². The summed E-state index contributed by atoms with van der Waals surface area (Å²) < 4.78 is 6.19. The van der Waals surface area contributed by atoms with Gasteiger partial charge in [0.05, 0.1) is 6.04 Å². The summed E-state index contributed by atoms with van der Waals surface area (Å²) in [6.45, 7) is 7.58. The van der Waals surface area contributed by atoms with Crippen LogP contribution in [0.1, 0.15) is 39.4 Å². The molecule has 1 fully saturated rings. The molecular weight excluding hydrogens is 576 g/mol. The standard InChI is InChI=1S/C40H41ClN2O2/c1-31-12-16-35(17-13-31)40(44,30-32-14-20-37(41)21-15-32)36-18-22-38(23-19-36)45-29-28-42-24-26-43(27-25-42)39(33-8-4-2-5-9-33)34-10-6-3-7-11-34/h2-23,39,44H,24-30H2,1H3. The van der Waals surface area contributed by atoms with Crippen LogP contribution in [0.5, 0.6) is 5.75 Å². The Labute approximate surface area is 272 Å². The number of hydrogen-bond donors (Lipinski definition) is 1. The average molecular weight is 617 g/mol. The van der Waals surface area contributed by atoms with E-state index in [1.165, 1.54) is 11.1 Å². The Bertz CT molecular complexity index is 1580. The Morgan fingerprint density at radius 2 is 1.22 bits per heavy atom. The van der Waals surface area contributed by atoms with E-state index in [0.29, 0.717) is 18.1 Å². The van der Waals surface area contributed by atoms with Gasteiger partial charge < -0.3 is 9.84 Å². The van der Waals surface area contributed by atoms with Crippen LogP contribution >= 0.6 is 11.6 Å². The van der Waals surface area contributed by atoms with Crippen molar-refractivity contribution in [3.05, 3.63) is 172 Å². The normalized spacial score (nSPS) is 15.6. The molecule has 1 unspecified atom stereocenters. The van der Waals surface area contributed by atoms with Gasteiger partial charge in [0.2, 0.25) is 0 Å². The summed E-state index contributed by atoms with van der Waals surface area (Å²) in [4.78, 5) is 5.08. The zero-order valence-electron chi connectivity index (χ0n) is 25.9. The van der Waals surface area contributed by atoms with Crippen LogP contribution in [0.15, 0.2) is 133 Å². The molecule has 1 aliphatic heterocycles. The summed E-state index contributed by atoms with van der Waals surface area (Å²) in [6, 6.07) is 45.6. The fourth-order valence-corrected chi connectivity index (χ4v) is 6.47. The molecule has 4 nitrogen and oxygen atoms in total. The van der Waals surface area contributed by atoms with Crippen molar-refractivity contribution >= 4 is 11.6 Å². The van der Waals surface area contributed by atoms with Crippen molar-refractivity contribution in [1.82, 2.24) is 9.80 Å². The first-order valence-electron chi connectivity index (χ1n) is 15.8. The minimum atomic E-state index is -1.18. The van der Waals surface area contributed by atoms with Crippen molar-refractivity contribution in [3.8, 4) is 5.75 Å². The van der Waals surface area contributed by atoms with Gasteiger partial charge in [0.15, 0.2) is 0 Å². The third-order valence-corrected chi connectivity index (χ3v) is 9.17. The Morgan fingerprint density at radius 3 is 1.78 bits per heavy atom. The van der Waals surface area contributed by atoms with E-state index in [0.717, 1.165) is 60.7 Å². The van der Waals surface area contributed by atoms with Crippen LogP contribution < -0.4 is 4.74 Å². The number of benzene rings is 5. The number of aliphatic hydroxyl groups is 1. The molecule has 6 rings (SSSR count). The summed E-state index contributed by atoms with van der Waals surface area (Å²) in [5.41, 5.74) is 5.36. The summed E-state index contributed by atoms with van der Waals surface area (Å²) >= 11 is 6.13. The van der Waals surface area contributed by atoms with Crippen molar-refractivity contribution in [2.75, 3.05) is 39.3 Å². The van der Waals surface area contributed by atoms with Gasteiger partial charge in [-0.15, -0.1) is 0 Å². The number of ether oxygens (including phenoxy) is 1. The highest BCUT2D eigenvalue weighted by Crippen LogP contribution is 2.35. The molecule has 0 aliphatic carbocycles. The van der Waals surface area contributed by atoms with Crippen LogP contribution in [-0.2, 0) is 12.0 Å². The third-order valence-electron chi connectivity index (χ3n) is 8.91. The number of aryl methyl sites for hydroxylation is 1. The zero-order valence-corrected chi connectivity index (χ0v) is 26.6. The molecule has 1 saturated heterocycles. The van der Waals surface area contributed by atoms with Crippen molar-refractivity contribution in [3.63, 3.8) is 0 Å². The maximum absolute atomic E-state index is 12.1. The maximum atomic E-state index is 12.1. The van der Waals surface area contributed by atoms with Crippen molar-refractivity contribution in [2.45, 2.75) is 25.0 Å². The van der Waals surface area contributed by atoms with E-state index in [-0.39, 0.29) is 6.04 Å². The zero-order chi connectivity index (χ0) is 31.1. The van der Waals surface area contributed by atoms with Gasteiger partial charge in [0.25, 0.3) is 0 Å². The topological polar surface area (TPSA) is 35.9 Å². The summed E-state index contributed by atoms with van der Waals surface area (Å²) in [5, 5.41) is 12.8. The molecule has 0 aromatic heterocycles. The highest BCUT2D eigenvalue weighted by Gasteiger charge is 2.32. The third kappa shape index (κ3) is 7.66. The summed E-state index contributed by atoms with van der Waals surface area (Å²) in [6.07, 6.45) is 0.439. The molecule has 1 heterocycles. The molecule has 45 heavy (non-hydrogen) atoms. The molecule has 0 bridgehead atoms. The van der Waals surface area contributed by atoms with Crippen LogP contribution in [-0.4, -0.2) is 54.2 Å². The maximum Gasteiger partial charge on any atom is 0.119 e. The van der Waals surface area contributed by atoms with Gasteiger partial charge in [0, 0.05) is 44.2 Å². The Morgan fingerprint density at radius 1 is 0.689 bits per heavy atom. The fourth-order valence-electron chi connectivity index (χ4n) is 6.35. The number of halogens is 1.